The highest BCUT2D eigenvalue weighted by atomic mass is 16.3. The summed E-state index contributed by atoms with van der Waals surface area (Å²) < 4.78 is 0. The molecule has 6 heteroatoms. The van der Waals surface area contributed by atoms with Gasteiger partial charge >= 0.3 is 6.03 Å². The summed E-state index contributed by atoms with van der Waals surface area (Å²) in [6, 6.07) is 15.4. The number of carbonyl (C=O) groups is 2. The van der Waals surface area contributed by atoms with Crippen LogP contribution in [0.1, 0.15) is 26.3 Å². The number of urea groups is 1. The molecule has 0 aromatic heterocycles. The number of carbonyl (C=O) groups excluding carboxylic acids is 2. The van der Waals surface area contributed by atoms with Crippen LogP contribution in [-0.2, 0) is 11.2 Å². The van der Waals surface area contributed by atoms with E-state index in [4.69, 9.17) is 0 Å². The number of hydrogen-bond acceptors (Lipinski definition) is 3. The minimum Gasteiger partial charge on any atom is -0.508 e. The van der Waals surface area contributed by atoms with Crippen LogP contribution < -0.4 is 4.90 Å². The summed E-state index contributed by atoms with van der Waals surface area (Å²) in [5.74, 6) is 0.0979. The van der Waals surface area contributed by atoms with Crippen molar-refractivity contribution in [3.8, 4) is 5.75 Å². The molecule has 1 heterocycles. The van der Waals surface area contributed by atoms with E-state index in [-0.39, 0.29) is 29.3 Å². The van der Waals surface area contributed by atoms with Crippen LogP contribution in [0.25, 0.3) is 0 Å². The molecule has 2 atom stereocenters. The maximum absolute atomic E-state index is 13.6. The second kappa shape index (κ2) is 7.78. The predicted molar refractivity (Wildman–Crippen MR) is 114 cm³/mol. The Balaban J connectivity index is 1.99. The minimum absolute atomic E-state index is 0.0761. The van der Waals surface area contributed by atoms with E-state index in [1.54, 1.807) is 53.1 Å². The highest BCUT2D eigenvalue weighted by Gasteiger charge is 2.51. The smallest absolute Gasteiger partial charge is 0.326 e. The molecule has 0 saturated carbocycles. The number of hydrogen-bond donors (Lipinski definition) is 1. The molecule has 1 saturated heterocycles. The van der Waals surface area contributed by atoms with Gasteiger partial charge in [-0.2, -0.15) is 0 Å². The van der Waals surface area contributed by atoms with Crippen molar-refractivity contribution in [2.75, 3.05) is 19.0 Å². The molecule has 0 aliphatic carbocycles. The maximum atomic E-state index is 13.6. The molecular weight excluding hydrogens is 366 g/mol. The van der Waals surface area contributed by atoms with Gasteiger partial charge < -0.3 is 10.0 Å². The standard InChI is InChI=1S/C23H29N3O3/c1-23(2,3)21-25(5)20(28)19(15-16-11-13-18(27)14-12-16)26(21)22(29)24(4)17-9-7-6-8-10-17/h6-14,19,21,27H,15H2,1-5H3. The summed E-state index contributed by atoms with van der Waals surface area (Å²) in [5.41, 5.74) is 1.35. The molecular formula is C23H29N3O3. The Morgan fingerprint density at radius 3 is 2.21 bits per heavy atom. The molecule has 1 N–H and O–H groups in total. The summed E-state index contributed by atoms with van der Waals surface area (Å²) >= 11 is 0. The number of amides is 3. The van der Waals surface area contributed by atoms with Gasteiger partial charge in [0.15, 0.2) is 0 Å². The van der Waals surface area contributed by atoms with E-state index < -0.39 is 6.04 Å². The van der Waals surface area contributed by atoms with Crippen molar-refractivity contribution in [1.29, 1.82) is 0 Å². The quantitative estimate of drug-likeness (QED) is 0.862. The lowest BCUT2D eigenvalue weighted by Gasteiger charge is -2.40. The third kappa shape index (κ3) is 4.06. The zero-order chi connectivity index (χ0) is 21.3. The number of para-hydroxylation sites is 1. The van der Waals surface area contributed by atoms with E-state index in [1.165, 1.54) is 0 Å². The average molecular weight is 396 g/mol. The van der Waals surface area contributed by atoms with Gasteiger partial charge in [-0.05, 0) is 29.8 Å². The Bertz CT molecular complexity index is 874. The number of benzene rings is 2. The molecule has 29 heavy (non-hydrogen) atoms. The largest absolute Gasteiger partial charge is 0.508 e. The van der Waals surface area contributed by atoms with Gasteiger partial charge in [-0.1, -0.05) is 51.1 Å². The summed E-state index contributed by atoms with van der Waals surface area (Å²) in [4.78, 5) is 31.7. The highest BCUT2D eigenvalue weighted by Crippen LogP contribution is 2.36. The molecule has 154 valence electrons. The third-order valence-corrected chi connectivity index (χ3v) is 5.39. The molecule has 1 fully saturated rings. The van der Waals surface area contributed by atoms with E-state index >= 15 is 0 Å². The van der Waals surface area contributed by atoms with Crippen molar-refractivity contribution in [3.63, 3.8) is 0 Å². The predicted octanol–water partition coefficient (Wildman–Crippen LogP) is 3.71. The molecule has 2 aromatic carbocycles. The van der Waals surface area contributed by atoms with Crippen LogP contribution in [0.4, 0.5) is 10.5 Å². The Kier molecular flexibility index (Phi) is 5.55. The average Bonchev–Trinajstić information content (AvgIpc) is 2.94. The lowest BCUT2D eigenvalue weighted by Crippen LogP contribution is -2.54. The topological polar surface area (TPSA) is 64.1 Å². The number of nitrogens with zero attached hydrogens (tertiary/aromatic N) is 3. The zero-order valence-electron chi connectivity index (χ0n) is 17.7. The van der Waals surface area contributed by atoms with Crippen LogP contribution in [0.2, 0.25) is 0 Å². The summed E-state index contributed by atoms with van der Waals surface area (Å²) in [6.45, 7) is 6.10. The molecule has 0 spiro atoms. The Morgan fingerprint density at radius 2 is 1.66 bits per heavy atom. The summed E-state index contributed by atoms with van der Waals surface area (Å²) in [5, 5.41) is 9.55. The van der Waals surface area contributed by atoms with E-state index in [0.29, 0.717) is 6.42 Å². The Hall–Kier alpha value is -3.02. The van der Waals surface area contributed by atoms with E-state index in [9.17, 15) is 14.7 Å². The SMILES string of the molecule is CN(C(=O)N1C(Cc2ccc(O)cc2)C(=O)N(C)C1C(C)(C)C)c1ccccc1. The molecule has 1 aliphatic rings. The van der Waals surface area contributed by atoms with Gasteiger partial charge in [0.1, 0.15) is 18.0 Å². The van der Waals surface area contributed by atoms with E-state index in [1.807, 2.05) is 51.1 Å². The first-order valence-corrected chi connectivity index (χ1v) is 9.77. The lowest BCUT2D eigenvalue weighted by molar-refractivity contribution is -0.129. The molecule has 2 unspecified atom stereocenters. The molecule has 3 amide bonds. The van der Waals surface area contributed by atoms with Gasteiger partial charge in [-0.3, -0.25) is 14.6 Å². The van der Waals surface area contributed by atoms with Crippen molar-refractivity contribution in [3.05, 3.63) is 60.2 Å². The molecule has 1 aliphatic heterocycles. The second-order valence-corrected chi connectivity index (χ2v) is 8.66. The number of rotatable bonds is 3. The van der Waals surface area contributed by atoms with Crippen LogP contribution in [0.3, 0.4) is 0 Å². The molecule has 2 aromatic rings. The second-order valence-electron chi connectivity index (χ2n) is 8.66. The summed E-state index contributed by atoms with van der Waals surface area (Å²) in [6.07, 6.45) is 0.0282. The van der Waals surface area contributed by atoms with Crippen LogP contribution in [0, 0.1) is 5.41 Å². The van der Waals surface area contributed by atoms with Gasteiger partial charge in [0.2, 0.25) is 5.91 Å². The van der Waals surface area contributed by atoms with E-state index in [2.05, 4.69) is 0 Å². The fourth-order valence-electron chi connectivity index (χ4n) is 4.04. The number of aromatic hydroxyl groups is 1. The first kappa shape index (κ1) is 20.7. The monoisotopic (exact) mass is 395 g/mol. The fourth-order valence-corrected chi connectivity index (χ4v) is 4.04. The maximum Gasteiger partial charge on any atom is 0.326 e. The van der Waals surface area contributed by atoms with Crippen molar-refractivity contribution in [2.24, 2.45) is 5.41 Å². The van der Waals surface area contributed by atoms with Crippen LogP contribution in [-0.4, -0.2) is 53.1 Å². The van der Waals surface area contributed by atoms with Crippen molar-refractivity contribution in [2.45, 2.75) is 39.4 Å². The van der Waals surface area contributed by atoms with Crippen molar-refractivity contribution in [1.82, 2.24) is 9.80 Å². The highest BCUT2D eigenvalue weighted by molar-refractivity contribution is 5.97. The normalized spacial score (nSPS) is 19.6. The first-order valence-electron chi connectivity index (χ1n) is 9.77. The van der Waals surface area contributed by atoms with Gasteiger partial charge in [0.25, 0.3) is 0 Å². The van der Waals surface area contributed by atoms with Crippen molar-refractivity contribution < 1.29 is 14.7 Å². The van der Waals surface area contributed by atoms with E-state index in [0.717, 1.165) is 11.3 Å². The Labute approximate surface area is 172 Å². The van der Waals surface area contributed by atoms with Gasteiger partial charge in [-0.25, -0.2) is 4.79 Å². The lowest BCUT2D eigenvalue weighted by atomic mass is 9.91. The molecule has 6 nitrogen and oxygen atoms in total. The van der Waals surface area contributed by atoms with Crippen LogP contribution in [0.5, 0.6) is 5.75 Å². The molecule has 0 bridgehead atoms. The van der Waals surface area contributed by atoms with Gasteiger partial charge in [0.05, 0.1) is 0 Å². The first-order chi connectivity index (χ1) is 13.6. The third-order valence-electron chi connectivity index (χ3n) is 5.39. The number of phenolic OH excluding ortho intramolecular Hbond substituents is 1. The van der Waals surface area contributed by atoms with Gasteiger partial charge in [0, 0.05) is 31.6 Å². The van der Waals surface area contributed by atoms with Crippen LogP contribution in [0.15, 0.2) is 54.6 Å². The van der Waals surface area contributed by atoms with Gasteiger partial charge in [-0.15, -0.1) is 0 Å². The number of phenols is 1. The molecule has 0 radical (unpaired) electrons. The number of anilines is 1. The van der Waals surface area contributed by atoms with Crippen molar-refractivity contribution >= 4 is 17.6 Å². The Morgan fingerprint density at radius 1 is 1.07 bits per heavy atom. The van der Waals surface area contributed by atoms with Crippen LogP contribution >= 0.6 is 0 Å². The zero-order valence-corrected chi connectivity index (χ0v) is 17.7. The summed E-state index contributed by atoms with van der Waals surface area (Å²) in [7, 11) is 3.50. The minimum atomic E-state index is -0.604. The fraction of sp³-hybridized carbons (Fsp3) is 0.391. The molecule has 3 rings (SSSR count). The number of likely N-dealkylation sites (N-methyl/N-ethyl adjacent to an activating group) is 1.